The van der Waals surface area contributed by atoms with Crippen LogP contribution in [0.1, 0.15) is 30.9 Å². The topological polar surface area (TPSA) is 21.3 Å². The molecule has 0 aromatic heterocycles. The van der Waals surface area contributed by atoms with Crippen molar-refractivity contribution >= 4 is 23.2 Å². The predicted octanol–water partition coefficient (Wildman–Crippen LogP) is 5.46. The van der Waals surface area contributed by atoms with Crippen LogP contribution in [0, 0.1) is 0 Å². The van der Waals surface area contributed by atoms with Crippen LogP contribution in [0.2, 0.25) is 10.0 Å². The monoisotopic (exact) mass is 337 g/mol. The lowest BCUT2D eigenvalue weighted by atomic mass is 10.2. The summed E-state index contributed by atoms with van der Waals surface area (Å²) in [5.74, 6) is 0.887. The fourth-order valence-corrected chi connectivity index (χ4v) is 2.57. The molecule has 0 radical (unpaired) electrons. The van der Waals surface area contributed by atoms with Crippen molar-refractivity contribution in [3.8, 4) is 5.75 Å². The van der Waals surface area contributed by atoms with Crippen LogP contribution in [0.4, 0.5) is 0 Å². The van der Waals surface area contributed by atoms with Gasteiger partial charge in [-0.3, -0.25) is 0 Å². The number of benzene rings is 2. The minimum Gasteiger partial charge on any atom is -0.489 e. The molecule has 2 rings (SSSR count). The quantitative estimate of drug-likeness (QED) is 0.645. The summed E-state index contributed by atoms with van der Waals surface area (Å²) in [5.41, 5.74) is 2.09. The lowest BCUT2D eigenvalue weighted by Gasteiger charge is -2.13. The van der Waals surface area contributed by atoms with Gasteiger partial charge in [0.15, 0.2) is 0 Å². The van der Waals surface area contributed by atoms with E-state index in [1.807, 2.05) is 30.3 Å². The number of para-hydroxylation sites is 1. The smallest absolute Gasteiger partial charge is 0.124 e. The van der Waals surface area contributed by atoms with Crippen molar-refractivity contribution in [3.05, 3.63) is 63.6 Å². The number of ether oxygens (including phenoxy) is 1. The highest BCUT2D eigenvalue weighted by molar-refractivity contribution is 6.35. The second kappa shape index (κ2) is 9.04. The third-order valence-electron chi connectivity index (χ3n) is 3.39. The maximum Gasteiger partial charge on any atom is 0.124 e. The molecular formula is C18H21Cl2NO. The first-order chi connectivity index (χ1) is 10.7. The maximum atomic E-state index is 6.18. The minimum absolute atomic E-state index is 0.433. The van der Waals surface area contributed by atoms with Crippen LogP contribution in [0.25, 0.3) is 0 Å². The second-order valence-electron chi connectivity index (χ2n) is 5.16. The van der Waals surface area contributed by atoms with Gasteiger partial charge in [0.1, 0.15) is 12.4 Å². The van der Waals surface area contributed by atoms with Gasteiger partial charge in [0.05, 0.1) is 0 Å². The third-order valence-corrected chi connectivity index (χ3v) is 3.98. The summed E-state index contributed by atoms with van der Waals surface area (Å²) in [6.07, 6.45) is 2.38. The Morgan fingerprint density at radius 2 is 1.86 bits per heavy atom. The van der Waals surface area contributed by atoms with Gasteiger partial charge in [-0.1, -0.05) is 60.8 Å². The van der Waals surface area contributed by atoms with E-state index in [2.05, 4.69) is 18.3 Å². The highest BCUT2D eigenvalue weighted by Gasteiger charge is 2.06. The van der Waals surface area contributed by atoms with Crippen molar-refractivity contribution in [1.82, 2.24) is 5.32 Å². The third kappa shape index (κ3) is 5.20. The van der Waals surface area contributed by atoms with Crippen molar-refractivity contribution < 1.29 is 4.74 Å². The first kappa shape index (κ1) is 17.1. The standard InChI is InChI=1S/C18H21Cl2NO/c1-2-3-10-21-12-14-6-4-5-7-18(14)22-13-15-8-9-16(19)11-17(15)20/h4-9,11,21H,2-3,10,12-13H2,1H3. The van der Waals surface area contributed by atoms with Crippen LogP contribution >= 0.6 is 23.2 Å². The highest BCUT2D eigenvalue weighted by Crippen LogP contribution is 2.24. The molecule has 0 aliphatic heterocycles. The Kier molecular flexibility index (Phi) is 7.04. The Balaban J connectivity index is 1.97. The van der Waals surface area contributed by atoms with E-state index in [0.29, 0.717) is 16.7 Å². The van der Waals surface area contributed by atoms with Gasteiger partial charge in [-0.25, -0.2) is 0 Å². The molecule has 0 aliphatic carbocycles. The molecule has 0 saturated carbocycles. The molecule has 4 heteroatoms. The lowest BCUT2D eigenvalue weighted by Crippen LogP contribution is -2.15. The predicted molar refractivity (Wildman–Crippen MR) is 93.9 cm³/mol. The molecule has 2 nitrogen and oxygen atoms in total. The molecule has 0 saturated heterocycles. The van der Waals surface area contributed by atoms with E-state index in [-0.39, 0.29) is 0 Å². The van der Waals surface area contributed by atoms with Crippen LogP contribution in [0.15, 0.2) is 42.5 Å². The molecule has 0 aliphatic rings. The van der Waals surface area contributed by atoms with Crippen LogP contribution < -0.4 is 10.1 Å². The number of hydrogen-bond donors (Lipinski definition) is 1. The van der Waals surface area contributed by atoms with Gasteiger partial charge < -0.3 is 10.1 Å². The lowest BCUT2D eigenvalue weighted by molar-refractivity contribution is 0.302. The van der Waals surface area contributed by atoms with Crippen molar-refractivity contribution in [3.63, 3.8) is 0 Å². The van der Waals surface area contributed by atoms with Crippen LogP contribution in [-0.4, -0.2) is 6.54 Å². The largest absolute Gasteiger partial charge is 0.489 e. The zero-order valence-corrected chi connectivity index (χ0v) is 14.3. The van der Waals surface area contributed by atoms with Crippen molar-refractivity contribution in [2.45, 2.75) is 32.9 Å². The van der Waals surface area contributed by atoms with Gasteiger partial charge in [0.2, 0.25) is 0 Å². The molecule has 1 N–H and O–H groups in total. The Labute approximate surface area is 142 Å². The van der Waals surface area contributed by atoms with E-state index >= 15 is 0 Å². The molecule has 0 spiro atoms. The van der Waals surface area contributed by atoms with E-state index in [1.165, 1.54) is 12.8 Å². The number of rotatable bonds is 8. The van der Waals surface area contributed by atoms with Crippen LogP contribution in [-0.2, 0) is 13.2 Å². The Morgan fingerprint density at radius 3 is 2.64 bits per heavy atom. The molecule has 2 aromatic rings. The Bertz CT molecular complexity index is 601. The van der Waals surface area contributed by atoms with Gasteiger partial charge in [0, 0.05) is 27.7 Å². The van der Waals surface area contributed by atoms with Crippen molar-refractivity contribution in [1.29, 1.82) is 0 Å². The molecule has 0 fully saturated rings. The SMILES string of the molecule is CCCCNCc1ccccc1OCc1ccc(Cl)cc1Cl. The number of halogens is 2. The highest BCUT2D eigenvalue weighted by atomic mass is 35.5. The van der Waals surface area contributed by atoms with E-state index in [4.69, 9.17) is 27.9 Å². The van der Waals surface area contributed by atoms with Crippen LogP contribution in [0.3, 0.4) is 0 Å². The Morgan fingerprint density at radius 1 is 1.05 bits per heavy atom. The molecule has 118 valence electrons. The average Bonchev–Trinajstić information content (AvgIpc) is 2.52. The first-order valence-corrected chi connectivity index (χ1v) is 8.31. The van der Waals surface area contributed by atoms with Gasteiger partial charge in [0.25, 0.3) is 0 Å². The molecule has 22 heavy (non-hydrogen) atoms. The fourth-order valence-electron chi connectivity index (χ4n) is 2.11. The van der Waals surface area contributed by atoms with E-state index in [1.54, 1.807) is 6.07 Å². The summed E-state index contributed by atoms with van der Waals surface area (Å²) in [7, 11) is 0. The van der Waals surface area contributed by atoms with E-state index in [0.717, 1.165) is 30.0 Å². The molecule has 0 unspecified atom stereocenters. The van der Waals surface area contributed by atoms with Gasteiger partial charge in [-0.15, -0.1) is 0 Å². The first-order valence-electron chi connectivity index (χ1n) is 7.56. The zero-order valence-electron chi connectivity index (χ0n) is 12.7. The minimum atomic E-state index is 0.433. The summed E-state index contributed by atoms with van der Waals surface area (Å²) in [5, 5.41) is 4.70. The van der Waals surface area contributed by atoms with E-state index in [9.17, 15) is 0 Å². The number of unbranched alkanes of at least 4 members (excludes halogenated alkanes) is 1. The molecule has 2 aromatic carbocycles. The van der Waals surface area contributed by atoms with E-state index < -0.39 is 0 Å². The molecule has 0 heterocycles. The summed E-state index contributed by atoms with van der Waals surface area (Å²) < 4.78 is 5.93. The summed E-state index contributed by atoms with van der Waals surface area (Å²) in [6, 6.07) is 13.5. The molecule has 0 amide bonds. The van der Waals surface area contributed by atoms with Crippen LogP contribution in [0.5, 0.6) is 5.75 Å². The molecule has 0 atom stereocenters. The average molecular weight is 338 g/mol. The number of nitrogens with one attached hydrogen (secondary N) is 1. The number of hydrogen-bond acceptors (Lipinski definition) is 2. The Hall–Kier alpha value is -1.22. The van der Waals surface area contributed by atoms with Crippen molar-refractivity contribution in [2.24, 2.45) is 0 Å². The van der Waals surface area contributed by atoms with Gasteiger partial charge >= 0.3 is 0 Å². The van der Waals surface area contributed by atoms with Crippen molar-refractivity contribution in [2.75, 3.05) is 6.54 Å². The fraction of sp³-hybridized carbons (Fsp3) is 0.333. The molecule has 0 bridgehead atoms. The second-order valence-corrected chi connectivity index (χ2v) is 6.01. The summed E-state index contributed by atoms with van der Waals surface area (Å²) in [6.45, 7) is 4.45. The molecular weight excluding hydrogens is 317 g/mol. The zero-order chi connectivity index (χ0) is 15.8. The normalized spacial score (nSPS) is 10.7. The summed E-state index contributed by atoms with van der Waals surface area (Å²) >= 11 is 12.1. The summed E-state index contributed by atoms with van der Waals surface area (Å²) in [4.78, 5) is 0. The van der Waals surface area contributed by atoms with Gasteiger partial charge in [-0.05, 0) is 31.2 Å². The maximum absolute atomic E-state index is 6.18. The van der Waals surface area contributed by atoms with Gasteiger partial charge in [-0.2, -0.15) is 0 Å².